The van der Waals surface area contributed by atoms with Crippen LogP contribution in [0, 0.1) is 0 Å². The molecule has 0 amide bonds. The van der Waals surface area contributed by atoms with Gasteiger partial charge in [0.25, 0.3) is 0 Å². The molecule has 23 heavy (non-hydrogen) atoms. The number of nitrogens with zero attached hydrogens (tertiary/aromatic N) is 1. The number of rotatable bonds is 4. The van der Waals surface area contributed by atoms with Crippen LogP contribution in [0.5, 0.6) is 0 Å². The molecule has 0 atom stereocenters. The summed E-state index contributed by atoms with van der Waals surface area (Å²) in [5, 5.41) is 4.53. The Labute approximate surface area is 141 Å². The molecule has 0 aliphatic carbocycles. The second-order valence-electron chi connectivity index (χ2n) is 4.76. The van der Waals surface area contributed by atoms with Gasteiger partial charge in [0.1, 0.15) is 6.61 Å². The lowest BCUT2D eigenvalue weighted by atomic mass is 10.0. The Morgan fingerprint density at radius 2 is 1.65 bits per heavy atom. The van der Waals surface area contributed by atoms with E-state index in [0.29, 0.717) is 5.02 Å². The first-order chi connectivity index (χ1) is 10.8. The van der Waals surface area contributed by atoms with Crippen molar-refractivity contribution >= 4 is 28.9 Å². The highest BCUT2D eigenvalue weighted by Gasteiger charge is 2.34. The van der Waals surface area contributed by atoms with Crippen LogP contribution in [0.25, 0.3) is 0 Å². The molecule has 122 valence electrons. The van der Waals surface area contributed by atoms with E-state index in [1.54, 1.807) is 24.3 Å². The SMILES string of the molecule is C/C(=N\OCc1ccc(Cl)cc1)c1cc(Cl)ccc1C(F)(F)F. The average molecular weight is 362 g/mol. The average Bonchev–Trinajstić information content (AvgIpc) is 2.48. The summed E-state index contributed by atoms with van der Waals surface area (Å²) in [7, 11) is 0. The highest BCUT2D eigenvalue weighted by Crippen LogP contribution is 2.33. The van der Waals surface area contributed by atoms with E-state index >= 15 is 0 Å². The van der Waals surface area contributed by atoms with Crippen molar-refractivity contribution in [3.8, 4) is 0 Å². The van der Waals surface area contributed by atoms with Crippen LogP contribution in [0.15, 0.2) is 47.6 Å². The fourth-order valence-electron chi connectivity index (χ4n) is 1.90. The second-order valence-corrected chi connectivity index (χ2v) is 5.64. The Kier molecular flexibility index (Phi) is 5.55. The number of halogens is 5. The maximum absolute atomic E-state index is 13.0. The molecule has 0 saturated carbocycles. The van der Waals surface area contributed by atoms with Crippen molar-refractivity contribution in [1.82, 2.24) is 0 Å². The quantitative estimate of drug-likeness (QED) is 0.486. The first-order valence-corrected chi connectivity index (χ1v) is 7.31. The van der Waals surface area contributed by atoms with Gasteiger partial charge in [0.05, 0.1) is 11.3 Å². The molecule has 0 saturated heterocycles. The molecule has 0 aliphatic rings. The Morgan fingerprint density at radius 3 is 2.26 bits per heavy atom. The third-order valence-corrected chi connectivity index (χ3v) is 3.51. The smallest absolute Gasteiger partial charge is 0.391 e. The lowest BCUT2D eigenvalue weighted by molar-refractivity contribution is -0.137. The van der Waals surface area contributed by atoms with Crippen molar-refractivity contribution in [1.29, 1.82) is 0 Å². The van der Waals surface area contributed by atoms with Gasteiger partial charge >= 0.3 is 6.18 Å². The Balaban J connectivity index is 2.17. The minimum absolute atomic E-state index is 0.0915. The third kappa shape index (κ3) is 4.88. The summed E-state index contributed by atoms with van der Waals surface area (Å²) in [5.41, 5.74) is -0.0266. The van der Waals surface area contributed by atoms with Gasteiger partial charge in [-0.25, -0.2) is 0 Å². The van der Waals surface area contributed by atoms with Gasteiger partial charge in [0.15, 0.2) is 0 Å². The second kappa shape index (κ2) is 7.23. The van der Waals surface area contributed by atoms with Gasteiger partial charge in [-0.2, -0.15) is 13.2 Å². The highest BCUT2D eigenvalue weighted by molar-refractivity contribution is 6.31. The van der Waals surface area contributed by atoms with E-state index in [0.717, 1.165) is 11.6 Å². The van der Waals surface area contributed by atoms with Crippen LogP contribution in [-0.4, -0.2) is 5.71 Å². The van der Waals surface area contributed by atoms with E-state index in [9.17, 15) is 13.2 Å². The normalized spacial score (nSPS) is 12.3. The number of hydrogen-bond donors (Lipinski definition) is 0. The molecular weight excluding hydrogens is 350 g/mol. The molecule has 0 bridgehead atoms. The summed E-state index contributed by atoms with van der Waals surface area (Å²) in [6.45, 7) is 1.55. The van der Waals surface area contributed by atoms with Crippen LogP contribution >= 0.6 is 23.2 Å². The Morgan fingerprint density at radius 1 is 1.04 bits per heavy atom. The number of alkyl halides is 3. The Hall–Kier alpha value is -1.72. The zero-order valence-electron chi connectivity index (χ0n) is 12.0. The van der Waals surface area contributed by atoms with E-state index in [2.05, 4.69) is 5.16 Å². The molecule has 0 spiro atoms. The van der Waals surface area contributed by atoms with Crippen molar-refractivity contribution in [2.24, 2.45) is 5.16 Å². The van der Waals surface area contributed by atoms with Gasteiger partial charge < -0.3 is 4.84 Å². The van der Waals surface area contributed by atoms with Crippen molar-refractivity contribution < 1.29 is 18.0 Å². The first-order valence-electron chi connectivity index (χ1n) is 6.55. The molecule has 2 rings (SSSR count). The molecule has 0 unspecified atom stereocenters. The molecule has 0 aromatic heterocycles. The highest BCUT2D eigenvalue weighted by atomic mass is 35.5. The van der Waals surface area contributed by atoms with Crippen molar-refractivity contribution in [3.05, 3.63) is 69.2 Å². The van der Waals surface area contributed by atoms with Gasteiger partial charge in [-0.05, 0) is 42.8 Å². The van der Waals surface area contributed by atoms with Gasteiger partial charge in [0.2, 0.25) is 0 Å². The standard InChI is InChI=1S/C16H12Cl2F3NO/c1-10(22-23-9-11-2-4-12(17)5-3-11)14-8-13(18)6-7-15(14)16(19,20)21/h2-8H,9H2,1H3/b22-10+. The van der Waals surface area contributed by atoms with Gasteiger partial charge in [-0.15, -0.1) is 0 Å². The molecule has 0 N–H and O–H groups in total. The van der Waals surface area contributed by atoms with Crippen molar-refractivity contribution in [3.63, 3.8) is 0 Å². The van der Waals surface area contributed by atoms with Gasteiger partial charge in [-0.1, -0.05) is 40.5 Å². The van der Waals surface area contributed by atoms with Crippen LogP contribution in [-0.2, 0) is 17.6 Å². The molecule has 2 nitrogen and oxygen atoms in total. The van der Waals surface area contributed by atoms with Crippen molar-refractivity contribution in [2.75, 3.05) is 0 Å². The number of hydrogen-bond acceptors (Lipinski definition) is 2. The number of oxime groups is 1. The minimum Gasteiger partial charge on any atom is -0.391 e. The monoisotopic (exact) mass is 361 g/mol. The molecule has 0 heterocycles. The van der Waals surface area contributed by atoms with Crippen LogP contribution in [0.3, 0.4) is 0 Å². The maximum Gasteiger partial charge on any atom is 0.417 e. The molecular formula is C16H12Cl2F3NO. The summed E-state index contributed by atoms with van der Waals surface area (Å²) in [5.74, 6) is 0. The molecule has 0 fully saturated rings. The van der Waals surface area contributed by atoms with E-state index in [4.69, 9.17) is 28.0 Å². The summed E-state index contributed by atoms with van der Waals surface area (Å²) in [6.07, 6.45) is -4.49. The fraction of sp³-hybridized carbons (Fsp3) is 0.188. The maximum atomic E-state index is 13.0. The first kappa shape index (κ1) is 17.6. The van der Waals surface area contributed by atoms with Crippen LogP contribution in [0.4, 0.5) is 13.2 Å². The van der Waals surface area contributed by atoms with Crippen LogP contribution < -0.4 is 0 Å². The van der Waals surface area contributed by atoms with Crippen molar-refractivity contribution in [2.45, 2.75) is 19.7 Å². The zero-order chi connectivity index (χ0) is 17.0. The van der Waals surface area contributed by atoms with Crippen LogP contribution in [0.1, 0.15) is 23.6 Å². The van der Waals surface area contributed by atoms with Crippen LogP contribution in [0.2, 0.25) is 10.0 Å². The van der Waals surface area contributed by atoms with E-state index in [1.807, 2.05) is 0 Å². The zero-order valence-corrected chi connectivity index (χ0v) is 13.5. The fourth-order valence-corrected chi connectivity index (χ4v) is 2.19. The summed E-state index contributed by atoms with van der Waals surface area (Å²) < 4.78 is 39.0. The van der Waals surface area contributed by atoms with E-state index < -0.39 is 11.7 Å². The predicted octanol–water partition coefficient (Wildman–Crippen LogP) is 5.95. The van der Waals surface area contributed by atoms with E-state index in [-0.39, 0.29) is 22.9 Å². The molecule has 2 aromatic rings. The largest absolute Gasteiger partial charge is 0.417 e. The molecule has 0 radical (unpaired) electrons. The lowest BCUT2D eigenvalue weighted by Gasteiger charge is -2.12. The third-order valence-electron chi connectivity index (χ3n) is 3.02. The molecule has 0 aliphatic heterocycles. The summed E-state index contributed by atoms with van der Waals surface area (Å²) in [6, 6.07) is 10.2. The summed E-state index contributed by atoms with van der Waals surface area (Å²) in [4.78, 5) is 5.12. The number of benzene rings is 2. The van der Waals surface area contributed by atoms with E-state index in [1.165, 1.54) is 19.1 Å². The van der Waals surface area contributed by atoms with Gasteiger partial charge in [-0.3, -0.25) is 0 Å². The van der Waals surface area contributed by atoms with Gasteiger partial charge in [0, 0.05) is 15.6 Å². The Bertz CT molecular complexity index is 712. The summed E-state index contributed by atoms with van der Waals surface area (Å²) >= 11 is 11.5. The molecule has 7 heteroatoms. The topological polar surface area (TPSA) is 21.6 Å². The minimum atomic E-state index is -4.49. The predicted molar refractivity (Wildman–Crippen MR) is 84.9 cm³/mol. The lowest BCUT2D eigenvalue weighted by Crippen LogP contribution is -2.12. The molecule has 2 aromatic carbocycles.